The van der Waals surface area contributed by atoms with Gasteiger partial charge in [-0.2, -0.15) is 0 Å². The van der Waals surface area contributed by atoms with Gasteiger partial charge in [0, 0.05) is 0 Å². The summed E-state index contributed by atoms with van der Waals surface area (Å²) in [6.07, 6.45) is 0. The Kier molecular flexibility index (Phi) is 3.58. The van der Waals surface area contributed by atoms with E-state index in [1.54, 1.807) is 0 Å². The van der Waals surface area contributed by atoms with Crippen molar-refractivity contribution in [2.75, 3.05) is 0 Å². The minimum Gasteiger partial charge on any atom is -0.330 e. The molecule has 0 aliphatic carbocycles. The van der Waals surface area contributed by atoms with Crippen LogP contribution < -0.4 is 0 Å². The molecule has 13 heavy (non-hydrogen) atoms. The van der Waals surface area contributed by atoms with Gasteiger partial charge in [0.25, 0.3) is 0 Å². The van der Waals surface area contributed by atoms with Crippen molar-refractivity contribution in [2.24, 2.45) is 5.11 Å². The summed E-state index contributed by atoms with van der Waals surface area (Å²) in [5.41, 5.74) is 10.3. The summed E-state index contributed by atoms with van der Waals surface area (Å²) in [5, 5.41) is 3.49. The number of hydrogen-bond acceptors (Lipinski definition) is 1. The first kappa shape index (κ1) is 10.5. The summed E-state index contributed by atoms with van der Waals surface area (Å²) < 4.78 is 0. The third-order valence-corrected chi connectivity index (χ3v) is 1.65. The third kappa shape index (κ3) is 2.56. The number of hydrogen-bond donors (Lipinski definition) is 0. The summed E-state index contributed by atoms with van der Waals surface area (Å²) in [4.78, 5) is 2.70. The van der Waals surface area contributed by atoms with Crippen molar-refractivity contribution in [3.05, 3.63) is 52.8 Å². The van der Waals surface area contributed by atoms with Crippen molar-refractivity contribution >= 4 is 0 Å². The fraction of sp³-hybridized carbons (Fsp3) is 0.222. The maximum absolute atomic E-state index is 8.17. The molecule has 0 aliphatic heterocycles. The molecule has 0 fully saturated rings. The molecule has 1 aromatic carbocycles. The topological polar surface area (TPSA) is 48.8 Å². The second-order valence-corrected chi connectivity index (χ2v) is 2.63. The van der Waals surface area contributed by atoms with Crippen LogP contribution in [0.1, 0.15) is 17.2 Å². The van der Waals surface area contributed by atoms with Gasteiger partial charge >= 0.3 is 0 Å². The Morgan fingerprint density at radius 3 is 2.38 bits per heavy atom. The van der Waals surface area contributed by atoms with Crippen LogP contribution in [0.5, 0.6) is 0 Å². The van der Waals surface area contributed by atoms with E-state index >= 15 is 0 Å². The molecule has 0 bridgehead atoms. The smallest absolute Gasteiger partial charge is 0 e. The summed E-state index contributed by atoms with van der Waals surface area (Å²) in [6, 6.07) is 7.46. The summed E-state index contributed by atoms with van der Waals surface area (Å²) in [5.74, 6) is 0. The molecular weight excluding hydrogens is 417 g/mol. The molecule has 0 amide bonds. The van der Waals surface area contributed by atoms with Gasteiger partial charge in [-0.1, -0.05) is 41.4 Å². The first-order valence-electron chi connectivity index (χ1n) is 3.68. The van der Waals surface area contributed by atoms with Crippen molar-refractivity contribution in [3.8, 4) is 0 Å². The van der Waals surface area contributed by atoms with E-state index in [2.05, 4.69) is 16.9 Å². The van der Waals surface area contributed by atoms with Gasteiger partial charge in [0.1, 0.15) is 0 Å². The molecule has 0 aromatic heterocycles. The third-order valence-electron chi connectivity index (χ3n) is 1.65. The Labute approximate surface area is 71.7 Å². The quantitative estimate of drug-likeness (QED) is 0.302. The zero-order chi connectivity index (χ0) is 8.97. The molecule has 64 valence electrons. The second-order valence-electron chi connectivity index (χ2n) is 2.63. The number of rotatable bonds is 2. The normalized spacial score (nSPS) is 10.9. The zero-order valence-electron chi connectivity index (χ0n) is 7.64. The maximum Gasteiger partial charge on any atom is 0 e. The number of azide groups is 1. The molecule has 1 rings (SSSR count). The minimum absolute atomic E-state index is 0. The average Bonchev–Trinajstić information content (AvgIpc) is 2.06. The van der Waals surface area contributed by atoms with Crippen LogP contribution in [0.3, 0.4) is 0 Å². The fourth-order valence-corrected chi connectivity index (χ4v) is 0.918. The number of aryl methyl sites for hydroxylation is 1. The molecule has 4 heteroatoms. The monoisotopic (exact) mass is 427 g/mol. The molecule has 3 nitrogen and oxygen atoms in total. The zero-order valence-corrected chi connectivity index (χ0v) is 14.0. The predicted octanol–water partition coefficient (Wildman–Crippen LogP) is 3.18. The van der Waals surface area contributed by atoms with Crippen molar-refractivity contribution < 1.29 is 0 Å². The average molecular weight is 427 g/mol. The predicted molar refractivity (Wildman–Crippen MR) is 48.4 cm³/mol. The first-order chi connectivity index (χ1) is 5.74. The van der Waals surface area contributed by atoms with E-state index in [-0.39, 0.29) is 6.04 Å². The Bertz CT molecular complexity index is 301. The van der Waals surface area contributed by atoms with Crippen molar-refractivity contribution in [1.82, 2.24) is 0 Å². The van der Waals surface area contributed by atoms with Gasteiger partial charge in [-0.25, -0.2) is 0 Å². The van der Waals surface area contributed by atoms with Crippen LogP contribution in [0.2, 0.25) is 0 Å². The molecule has 0 saturated carbocycles. The minimum atomic E-state index is -0.324. The van der Waals surface area contributed by atoms with Crippen molar-refractivity contribution in [3.63, 3.8) is 0 Å². The van der Waals surface area contributed by atoms with Crippen molar-refractivity contribution in [1.29, 1.82) is 0 Å². The Morgan fingerprint density at radius 1 is 1.38 bits per heavy atom. The summed E-state index contributed by atoms with van der Waals surface area (Å²) >= 11 is 0. The van der Waals surface area contributed by atoms with Crippen LogP contribution in [-0.4, -0.2) is 0 Å². The summed E-state index contributed by atoms with van der Waals surface area (Å²) in [7, 11) is 0. The Hall–Kier alpha value is -2.47. The van der Waals surface area contributed by atoms with Gasteiger partial charge in [-0.15, -0.1) is 5.11 Å². The molecule has 1 aromatic rings. The van der Waals surface area contributed by atoms with Gasteiger partial charge in [-0.3, -0.25) is 0 Å². The standard InChI is InChI=1S/C9H10N3.Rf/c1-7-3-5-9(6-4-7)8(2)11-12-10;/h3-6,8H,2H2,1H3;/q-1;. The van der Waals surface area contributed by atoms with Crippen LogP contribution >= 0.6 is 0 Å². The van der Waals surface area contributed by atoms with Crippen LogP contribution in [-0.2, 0) is 0 Å². The SMILES string of the molecule is [CH2-]C(N=[N+]=[N-])c1ccc(C)cc1.[Rf]. The van der Waals surface area contributed by atoms with Gasteiger partial charge < -0.3 is 6.92 Å². The van der Waals surface area contributed by atoms with E-state index in [1.165, 1.54) is 5.56 Å². The van der Waals surface area contributed by atoms with Crippen LogP contribution in [0.4, 0.5) is 0 Å². The molecule has 1 atom stereocenters. The Morgan fingerprint density at radius 2 is 1.92 bits per heavy atom. The van der Waals surface area contributed by atoms with Crippen LogP contribution in [0.15, 0.2) is 29.4 Å². The maximum atomic E-state index is 8.17. The molecule has 0 saturated heterocycles. The molecule has 1 unspecified atom stereocenters. The number of nitrogens with zero attached hydrogens (tertiary/aromatic N) is 3. The largest absolute Gasteiger partial charge is 0.330 e. The Balaban J connectivity index is 0.00000144. The van der Waals surface area contributed by atoms with Gasteiger partial charge in [-0.05, 0) is 17.4 Å². The van der Waals surface area contributed by atoms with Gasteiger partial charge in [0.05, 0.1) is 0 Å². The fourth-order valence-electron chi connectivity index (χ4n) is 0.918. The van der Waals surface area contributed by atoms with Gasteiger partial charge in [0.2, 0.25) is 0 Å². The van der Waals surface area contributed by atoms with Crippen LogP contribution in [0, 0.1) is 13.8 Å². The molecule has 0 heterocycles. The van der Waals surface area contributed by atoms with E-state index in [1.807, 2.05) is 31.2 Å². The summed E-state index contributed by atoms with van der Waals surface area (Å²) in [6.45, 7) is 5.72. The van der Waals surface area contributed by atoms with Crippen molar-refractivity contribution in [2.45, 2.75) is 13.0 Å². The molecule has 0 aliphatic rings. The molecule has 0 spiro atoms. The van der Waals surface area contributed by atoms with Crippen LogP contribution in [0.25, 0.3) is 10.4 Å². The van der Waals surface area contributed by atoms with E-state index in [0.29, 0.717) is 0 Å². The first-order valence-corrected chi connectivity index (χ1v) is 3.68. The molecule has 0 N–H and O–H groups in total. The molecular formula is C9H10N3Rf-. The van der Waals surface area contributed by atoms with E-state index in [4.69, 9.17) is 5.53 Å². The van der Waals surface area contributed by atoms with Gasteiger partial charge in [0.15, 0.2) is 0 Å². The van der Waals surface area contributed by atoms with E-state index in [9.17, 15) is 0 Å². The number of benzene rings is 1. The second kappa shape index (κ2) is 4.42. The molecule has 0 radical (unpaired) electrons. The van der Waals surface area contributed by atoms with E-state index in [0.717, 1.165) is 5.56 Å². The van der Waals surface area contributed by atoms with E-state index < -0.39 is 0 Å².